The van der Waals surface area contributed by atoms with Crippen molar-refractivity contribution in [3.8, 4) is 5.75 Å². The normalized spacial score (nSPS) is 10.8. The second kappa shape index (κ2) is 7.78. The van der Waals surface area contributed by atoms with Crippen molar-refractivity contribution in [2.45, 2.75) is 46.9 Å². The number of ether oxygens (including phenoxy) is 1. The summed E-state index contributed by atoms with van der Waals surface area (Å²) in [6.07, 6.45) is 2.70. The van der Waals surface area contributed by atoms with E-state index in [1.54, 1.807) is 6.33 Å². The van der Waals surface area contributed by atoms with Gasteiger partial charge in [0.25, 0.3) is 0 Å². The second-order valence-corrected chi connectivity index (χ2v) is 5.07. The lowest BCUT2D eigenvalue weighted by atomic mass is 10.1. The van der Waals surface area contributed by atoms with Gasteiger partial charge in [0.1, 0.15) is 18.7 Å². The first-order valence-corrected chi connectivity index (χ1v) is 7.54. The molecule has 114 valence electrons. The van der Waals surface area contributed by atoms with Crippen LogP contribution in [0.5, 0.6) is 5.75 Å². The van der Waals surface area contributed by atoms with Crippen molar-refractivity contribution < 1.29 is 4.74 Å². The van der Waals surface area contributed by atoms with Gasteiger partial charge < -0.3 is 10.1 Å². The maximum Gasteiger partial charge on any atom is 0.164 e. The lowest BCUT2D eigenvalue weighted by molar-refractivity contribution is 0.283. The van der Waals surface area contributed by atoms with Gasteiger partial charge in [-0.25, -0.2) is 9.67 Å². The molecule has 1 N–H and O–H groups in total. The molecule has 0 atom stereocenters. The predicted molar refractivity (Wildman–Crippen MR) is 83.2 cm³/mol. The van der Waals surface area contributed by atoms with Crippen molar-refractivity contribution in [2.24, 2.45) is 0 Å². The summed E-state index contributed by atoms with van der Waals surface area (Å²) >= 11 is 0. The molecule has 1 heterocycles. The molecule has 0 bridgehead atoms. The first kappa shape index (κ1) is 15.5. The van der Waals surface area contributed by atoms with Gasteiger partial charge in [-0.15, -0.1) is 0 Å². The minimum absolute atomic E-state index is 0.442. The van der Waals surface area contributed by atoms with Crippen molar-refractivity contribution in [1.82, 2.24) is 20.1 Å². The molecule has 0 fully saturated rings. The number of nitrogens with one attached hydrogen (secondary N) is 1. The molecule has 1 aromatic heterocycles. The van der Waals surface area contributed by atoms with Gasteiger partial charge in [-0.3, -0.25) is 0 Å². The summed E-state index contributed by atoms with van der Waals surface area (Å²) in [5.41, 5.74) is 2.43. The molecule has 1 aromatic carbocycles. The van der Waals surface area contributed by atoms with Crippen LogP contribution in [0.1, 0.15) is 37.2 Å². The Labute approximate surface area is 126 Å². The molecule has 5 heteroatoms. The first-order valence-electron chi connectivity index (χ1n) is 7.54. The van der Waals surface area contributed by atoms with E-state index in [4.69, 9.17) is 4.74 Å². The zero-order valence-electron chi connectivity index (χ0n) is 13.1. The van der Waals surface area contributed by atoms with Gasteiger partial charge in [0.2, 0.25) is 0 Å². The van der Waals surface area contributed by atoms with E-state index < -0.39 is 0 Å². The number of hydrogen-bond donors (Lipinski definition) is 1. The van der Waals surface area contributed by atoms with Gasteiger partial charge in [0.15, 0.2) is 5.82 Å². The summed E-state index contributed by atoms with van der Waals surface area (Å²) in [7, 11) is 0. The molecule has 5 nitrogen and oxygen atoms in total. The lowest BCUT2D eigenvalue weighted by Crippen LogP contribution is -2.15. The predicted octanol–water partition coefficient (Wildman–Crippen LogP) is 2.69. The Hall–Kier alpha value is -1.88. The monoisotopic (exact) mass is 288 g/mol. The molecule has 0 amide bonds. The Bertz CT molecular complexity index is 565. The van der Waals surface area contributed by atoms with E-state index in [1.165, 1.54) is 11.1 Å². The van der Waals surface area contributed by atoms with Gasteiger partial charge in [-0.2, -0.15) is 5.10 Å². The average Bonchev–Trinajstić information content (AvgIpc) is 2.94. The van der Waals surface area contributed by atoms with Crippen LogP contribution in [0.15, 0.2) is 24.5 Å². The summed E-state index contributed by atoms with van der Waals surface area (Å²) in [4.78, 5) is 4.24. The third-order valence-electron chi connectivity index (χ3n) is 3.31. The van der Waals surface area contributed by atoms with E-state index in [0.717, 1.165) is 37.6 Å². The lowest BCUT2D eigenvalue weighted by Gasteiger charge is -2.13. The van der Waals surface area contributed by atoms with Gasteiger partial charge >= 0.3 is 0 Å². The SMILES string of the molecule is CCCNCc1cc(C)ccc1OCc1ncnn1CC. The highest BCUT2D eigenvalue weighted by molar-refractivity contribution is 5.36. The van der Waals surface area contributed by atoms with E-state index in [0.29, 0.717) is 6.61 Å². The van der Waals surface area contributed by atoms with E-state index in [1.807, 2.05) is 17.7 Å². The van der Waals surface area contributed by atoms with Crippen molar-refractivity contribution in [2.75, 3.05) is 6.54 Å². The van der Waals surface area contributed by atoms with Crippen molar-refractivity contribution in [3.05, 3.63) is 41.5 Å². The maximum absolute atomic E-state index is 5.95. The van der Waals surface area contributed by atoms with Crippen LogP contribution in [0.3, 0.4) is 0 Å². The zero-order chi connectivity index (χ0) is 15.1. The largest absolute Gasteiger partial charge is 0.485 e. The highest BCUT2D eigenvalue weighted by Crippen LogP contribution is 2.21. The summed E-state index contributed by atoms with van der Waals surface area (Å²) in [6.45, 7) is 9.39. The third-order valence-corrected chi connectivity index (χ3v) is 3.31. The van der Waals surface area contributed by atoms with Crippen molar-refractivity contribution >= 4 is 0 Å². The van der Waals surface area contributed by atoms with Crippen LogP contribution in [0, 0.1) is 6.92 Å². The standard InChI is InChI=1S/C16H24N4O/c1-4-8-17-10-14-9-13(3)6-7-15(14)21-11-16-18-12-19-20(16)5-2/h6-7,9,12,17H,4-5,8,10-11H2,1-3H3. The van der Waals surface area contributed by atoms with Crippen LogP contribution in [0.2, 0.25) is 0 Å². The second-order valence-electron chi connectivity index (χ2n) is 5.07. The topological polar surface area (TPSA) is 52.0 Å². The van der Waals surface area contributed by atoms with E-state index in [-0.39, 0.29) is 0 Å². The smallest absolute Gasteiger partial charge is 0.164 e. The highest BCUT2D eigenvalue weighted by Gasteiger charge is 2.07. The summed E-state index contributed by atoms with van der Waals surface area (Å²) in [5, 5.41) is 7.58. The third kappa shape index (κ3) is 4.29. The molecule has 0 unspecified atom stereocenters. The van der Waals surface area contributed by atoms with E-state index in [9.17, 15) is 0 Å². The van der Waals surface area contributed by atoms with Crippen molar-refractivity contribution in [1.29, 1.82) is 0 Å². The van der Waals surface area contributed by atoms with Gasteiger partial charge in [0.05, 0.1) is 0 Å². The number of nitrogens with zero attached hydrogens (tertiary/aromatic N) is 3. The molecule has 0 aliphatic rings. The number of benzene rings is 1. The minimum Gasteiger partial charge on any atom is -0.485 e. The van der Waals surface area contributed by atoms with Gasteiger partial charge in [-0.1, -0.05) is 24.6 Å². The number of rotatable bonds is 8. The molecule has 21 heavy (non-hydrogen) atoms. The Kier molecular flexibility index (Phi) is 5.75. The molecular weight excluding hydrogens is 264 g/mol. The van der Waals surface area contributed by atoms with Crippen LogP contribution in [0.25, 0.3) is 0 Å². The molecule has 2 rings (SSSR count). The molecule has 0 radical (unpaired) electrons. The Balaban J connectivity index is 2.04. The van der Waals surface area contributed by atoms with Crippen LogP contribution in [0.4, 0.5) is 0 Å². The van der Waals surface area contributed by atoms with E-state index in [2.05, 4.69) is 41.4 Å². The fourth-order valence-corrected chi connectivity index (χ4v) is 2.19. The Morgan fingerprint density at radius 1 is 1.29 bits per heavy atom. The number of aromatic nitrogens is 3. The molecule has 0 saturated heterocycles. The minimum atomic E-state index is 0.442. The first-order chi connectivity index (χ1) is 10.2. The Morgan fingerprint density at radius 3 is 2.90 bits per heavy atom. The Morgan fingerprint density at radius 2 is 2.14 bits per heavy atom. The number of hydrogen-bond acceptors (Lipinski definition) is 4. The zero-order valence-corrected chi connectivity index (χ0v) is 13.1. The fraction of sp³-hybridized carbons (Fsp3) is 0.500. The molecule has 0 saturated carbocycles. The average molecular weight is 288 g/mol. The summed E-state index contributed by atoms with van der Waals surface area (Å²) in [5.74, 6) is 1.76. The van der Waals surface area contributed by atoms with Crippen molar-refractivity contribution in [3.63, 3.8) is 0 Å². The van der Waals surface area contributed by atoms with Crippen LogP contribution in [-0.2, 0) is 19.7 Å². The summed E-state index contributed by atoms with van der Waals surface area (Å²) in [6, 6.07) is 6.27. The quantitative estimate of drug-likeness (QED) is 0.759. The highest BCUT2D eigenvalue weighted by atomic mass is 16.5. The van der Waals surface area contributed by atoms with Gasteiger partial charge in [0, 0.05) is 18.7 Å². The molecule has 2 aromatic rings. The number of aryl methyl sites for hydroxylation is 2. The maximum atomic E-state index is 5.95. The van der Waals surface area contributed by atoms with Crippen LogP contribution >= 0.6 is 0 Å². The molecular formula is C16H24N4O. The fourth-order valence-electron chi connectivity index (χ4n) is 2.19. The molecule has 0 aliphatic carbocycles. The molecule has 0 spiro atoms. The van der Waals surface area contributed by atoms with Gasteiger partial charge in [-0.05, 0) is 32.9 Å². The van der Waals surface area contributed by atoms with Crippen LogP contribution < -0.4 is 10.1 Å². The van der Waals surface area contributed by atoms with Crippen LogP contribution in [-0.4, -0.2) is 21.3 Å². The van der Waals surface area contributed by atoms with E-state index >= 15 is 0 Å². The molecule has 0 aliphatic heterocycles. The summed E-state index contributed by atoms with van der Waals surface area (Å²) < 4.78 is 7.80.